The zero-order valence-electron chi connectivity index (χ0n) is 18.0. The molecule has 1 aromatic heterocycles. The van der Waals surface area contributed by atoms with Crippen LogP contribution in [-0.4, -0.2) is 45.9 Å². The van der Waals surface area contributed by atoms with Gasteiger partial charge in [-0.15, -0.1) is 0 Å². The van der Waals surface area contributed by atoms with Crippen LogP contribution in [0.25, 0.3) is 10.9 Å². The summed E-state index contributed by atoms with van der Waals surface area (Å²) in [4.78, 5) is 30.7. The summed E-state index contributed by atoms with van der Waals surface area (Å²) in [5.41, 5.74) is -0.0419. The van der Waals surface area contributed by atoms with Crippen molar-refractivity contribution in [3.8, 4) is 5.75 Å². The number of benzene rings is 2. The minimum Gasteiger partial charge on any atom is -0.482 e. The molecule has 2 aromatic carbocycles. The molecule has 33 heavy (non-hydrogen) atoms. The first kappa shape index (κ1) is 23.6. The summed E-state index contributed by atoms with van der Waals surface area (Å²) in [7, 11) is 0. The van der Waals surface area contributed by atoms with E-state index in [1.54, 1.807) is 24.3 Å². The van der Waals surface area contributed by atoms with Crippen molar-refractivity contribution in [1.29, 1.82) is 0 Å². The topological polar surface area (TPSA) is 125 Å². The van der Waals surface area contributed by atoms with Crippen LogP contribution >= 0.6 is 0 Å². The number of carboxylic acids is 1. The zero-order valence-corrected chi connectivity index (χ0v) is 18.0. The van der Waals surface area contributed by atoms with E-state index >= 15 is 0 Å². The monoisotopic (exact) mass is 459 g/mol. The van der Waals surface area contributed by atoms with Crippen molar-refractivity contribution in [3.05, 3.63) is 48.5 Å². The smallest absolute Gasteiger partial charge is 0.341 e. The van der Waals surface area contributed by atoms with Gasteiger partial charge in [0.1, 0.15) is 29.4 Å². The molecule has 0 aliphatic carbocycles. The molecule has 4 N–H and O–H groups in total. The molecule has 0 radical (unpaired) electrons. The number of carbonyl (C=O) groups is 2. The van der Waals surface area contributed by atoms with E-state index in [1.165, 1.54) is 26.2 Å². The molecule has 0 aliphatic heterocycles. The minimum absolute atomic E-state index is 0.0378. The van der Waals surface area contributed by atoms with Crippen molar-refractivity contribution in [2.75, 3.05) is 23.8 Å². The molecule has 3 aromatic rings. The number of alkyl halides is 1. The molecular formula is C22H23F2N5O4. The number of aromatic nitrogens is 2. The second-order valence-electron chi connectivity index (χ2n) is 7.76. The first-order chi connectivity index (χ1) is 15.6. The summed E-state index contributed by atoms with van der Waals surface area (Å²) in [6.07, 6.45) is 1.43. The number of ether oxygens (including phenoxy) is 1. The van der Waals surface area contributed by atoms with Gasteiger partial charge in [0, 0.05) is 30.1 Å². The number of hydrogen-bond acceptors (Lipinski definition) is 6. The molecule has 0 spiro atoms. The van der Waals surface area contributed by atoms with Gasteiger partial charge in [0.05, 0.1) is 10.9 Å². The van der Waals surface area contributed by atoms with Crippen LogP contribution in [0.15, 0.2) is 42.7 Å². The quantitative estimate of drug-likeness (QED) is 0.377. The highest BCUT2D eigenvalue weighted by molar-refractivity contribution is 5.92. The van der Waals surface area contributed by atoms with Gasteiger partial charge in [0.2, 0.25) is 0 Å². The van der Waals surface area contributed by atoms with E-state index < -0.39 is 30.1 Å². The zero-order chi connectivity index (χ0) is 24.0. The van der Waals surface area contributed by atoms with Gasteiger partial charge in [0.25, 0.3) is 0 Å². The lowest BCUT2D eigenvalue weighted by Crippen LogP contribution is -2.32. The van der Waals surface area contributed by atoms with Gasteiger partial charge in [-0.1, -0.05) is 0 Å². The van der Waals surface area contributed by atoms with Crippen LogP contribution in [0.2, 0.25) is 0 Å². The largest absolute Gasteiger partial charge is 0.482 e. The number of amides is 2. The molecule has 0 saturated carbocycles. The molecule has 9 nitrogen and oxygen atoms in total. The molecule has 0 aliphatic rings. The number of rotatable bonds is 9. The Hall–Kier alpha value is -4.02. The predicted octanol–water partition coefficient (Wildman–Crippen LogP) is 4.24. The van der Waals surface area contributed by atoms with E-state index in [0.29, 0.717) is 11.4 Å². The van der Waals surface area contributed by atoms with Gasteiger partial charge >= 0.3 is 12.0 Å². The number of carbonyl (C=O) groups excluding carboxylic acids is 1. The van der Waals surface area contributed by atoms with Gasteiger partial charge in [-0.3, -0.25) is 0 Å². The number of aliphatic carboxylic acids is 1. The normalized spacial score (nSPS) is 11.2. The number of halogens is 2. The fourth-order valence-electron chi connectivity index (χ4n) is 2.86. The van der Waals surface area contributed by atoms with Crippen LogP contribution in [0.3, 0.4) is 0 Å². The molecule has 0 saturated heterocycles. The maximum absolute atomic E-state index is 14.7. The first-order valence-electron chi connectivity index (χ1n) is 10.0. The predicted molar refractivity (Wildman–Crippen MR) is 119 cm³/mol. The lowest BCUT2D eigenvalue weighted by Gasteiger charge is -2.14. The molecule has 0 bridgehead atoms. The highest BCUT2D eigenvalue weighted by atomic mass is 19.1. The number of fused-ring (bicyclic) bond motifs is 1. The highest BCUT2D eigenvalue weighted by Crippen LogP contribution is 2.29. The van der Waals surface area contributed by atoms with Gasteiger partial charge in [-0.2, -0.15) is 0 Å². The van der Waals surface area contributed by atoms with Crippen LogP contribution in [0.5, 0.6) is 5.75 Å². The van der Waals surface area contributed by atoms with Crippen LogP contribution in [0, 0.1) is 5.82 Å². The van der Waals surface area contributed by atoms with Gasteiger partial charge in [-0.05, 0) is 44.5 Å². The third-order valence-corrected chi connectivity index (χ3v) is 4.44. The Morgan fingerprint density at radius 1 is 1.12 bits per heavy atom. The van der Waals surface area contributed by atoms with Crippen LogP contribution in [0.1, 0.15) is 20.3 Å². The Balaban J connectivity index is 1.67. The summed E-state index contributed by atoms with van der Waals surface area (Å²) in [5.74, 6) is -1.62. The van der Waals surface area contributed by atoms with Gasteiger partial charge in [0.15, 0.2) is 6.61 Å². The van der Waals surface area contributed by atoms with Crippen molar-refractivity contribution in [2.24, 2.45) is 0 Å². The van der Waals surface area contributed by atoms with Crippen molar-refractivity contribution in [2.45, 2.75) is 25.9 Å². The summed E-state index contributed by atoms with van der Waals surface area (Å²) in [6, 6.07) is 8.63. The van der Waals surface area contributed by atoms with E-state index in [2.05, 4.69) is 25.9 Å². The van der Waals surface area contributed by atoms with E-state index in [0.717, 1.165) is 6.07 Å². The maximum atomic E-state index is 14.7. The number of nitrogens with one attached hydrogen (secondary N) is 3. The van der Waals surface area contributed by atoms with Crippen LogP contribution < -0.4 is 20.7 Å². The summed E-state index contributed by atoms with van der Waals surface area (Å²) in [6.45, 7) is 2.48. The molecule has 3 rings (SSSR count). The fraction of sp³-hybridized carbons (Fsp3) is 0.273. The third kappa shape index (κ3) is 6.99. The molecule has 1 heterocycles. The number of anilines is 3. The number of carboxylic acid groups (broad SMARTS) is 1. The molecule has 2 amide bonds. The highest BCUT2D eigenvalue weighted by Gasteiger charge is 2.15. The van der Waals surface area contributed by atoms with Crippen LogP contribution in [-0.2, 0) is 4.79 Å². The lowest BCUT2D eigenvalue weighted by molar-refractivity contribution is -0.139. The second-order valence-corrected chi connectivity index (χ2v) is 7.76. The summed E-state index contributed by atoms with van der Waals surface area (Å²) in [5, 5.41) is 17.0. The Labute approximate surface area is 188 Å². The number of hydrogen-bond donors (Lipinski definition) is 4. The summed E-state index contributed by atoms with van der Waals surface area (Å²) >= 11 is 0. The van der Waals surface area contributed by atoms with Crippen molar-refractivity contribution in [1.82, 2.24) is 15.3 Å². The Morgan fingerprint density at radius 3 is 2.48 bits per heavy atom. The Morgan fingerprint density at radius 2 is 1.82 bits per heavy atom. The molecule has 11 heteroatoms. The molecular weight excluding hydrogens is 436 g/mol. The van der Waals surface area contributed by atoms with Crippen LogP contribution in [0.4, 0.5) is 30.8 Å². The average molecular weight is 459 g/mol. The molecule has 174 valence electrons. The maximum Gasteiger partial charge on any atom is 0.341 e. The minimum atomic E-state index is -1.36. The Kier molecular flexibility index (Phi) is 7.21. The lowest BCUT2D eigenvalue weighted by atomic mass is 10.1. The van der Waals surface area contributed by atoms with E-state index in [4.69, 9.17) is 9.84 Å². The molecule has 0 unspecified atom stereocenters. The standard InChI is InChI=1S/C22H23F2N5O4/c1-22(2,24)7-8-25-21(32)29-14-5-3-13(4-6-14)28-20-19-16(23)9-15(33-11-18(30)31)10-17(19)26-12-27-20/h3-6,9-10,12H,7-8,11H2,1-2H3,(H,30,31)(H2,25,29,32)(H,26,27,28). The van der Waals surface area contributed by atoms with E-state index in [-0.39, 0.29) is 35.4 Å². The second kappa shape index (κ2) is 10.1. The molecule has 0 atom stereocenters. The van der Waals surface area contributed by atoms with E-state index in [9.17, 15) is 18.4 Å². The number of nitrogens with zero attached hydrogens (tertiary/aromatic N) is 2. The number of urea groups is 1. The summed E-state index contributed by atoms with van der Waals surface area (Å²) < 4.78 is 33.2. The van der Waals surface area contributed by atoms with Gasteiger partial charge in [-0.25, -0.2) is 28.3 Å². The molecule has 0 fully saturated rings. The Bertz CT molecular complexity index is 1150. The van der Waals surface area contributed by atoms with E-state index in [1.807, 2.05) is 0 Å². The SMILES string of the molecule is CC(C)(F)CCNC(=O)Nc1ccc(Nc2ncnc3cc(OCC(=O)O)cc(F)c23)cc1. The third-order valence-electron chi connectivity index (χ3n) is 4.44. The fourth-order valence-corrected chi connectivity index (χ4v) is 2.86. The van der Waals surface area contributed by atoms with Gasteiger partial charge < -0.3 is 25.8 Å². The van der Waals surface area contributed by atoms with Crippen molar-refractivity contribution < 1.29 is 28.2 Å². The average Bonchev–Trinajstić information content (AvgIpc) is 2.72. The van der Waals surface area contributed by atoms with Crippen molar-refractivity contribution >= 4 is 40.1 Å². The van der Waals surface area contributed by atoms with Crippen molar-refractivity contribution in [3.63, 3.8) is 0 Å². The first-order valence-corrected chi connectivity index (χ1v) is 10.0.